The molecule has 0 radical (unpaired) electrons. The van der Waals surface area contributed by atoms with Crippen molar-refractivity contribution in [1.29, 1.82) is 0 Å². The highest BCUT2D eigenvalue weighted by Gasteiger charge is 2.16. The smallest absolute Gasteiger partial charge is 0.261 e. The minimum Gasteiger partial charge on any atom is -0.493 e. The van der Waals surface area contributed by atoms with Crippen molar-refractivity contribution in [2.45, 2.75) is 13.3 Å². The zero-order valence-electron chi connectivity index (χ0n) is 16.8. The molecular formula is C21H24BrN3O4S. The van der Waals surface area contributed by atoms with Gasteiger partial charge in [-0.1, -0.05) is 35.0 Å². The Balaban J connectivity index is 2.09. The minimum atomic E-state index is -0.415. The molecule has 0 saturated carbocycles. The zero-order valence-corrected chi connectivity index (χ0v) is 19.2. The number of rotatable bonds is 9. The Kier molecular flexibility index (Phi) is 9.72. The lowest BCUT2D eigenvalue weighted by Crippen LogP contribution is -2.35. The van der Waals surface area contributed by atoms with E-state index in [1.165, 1.54) is 0 Å². The summed E-state index contributed by atoms with van der Waals surface area (Å²) >= 11 is 8.65. The van der Waals surface area contributed by atoms with Gasteiger partial charge in [0.25, 0.3) is 11.8 Å². The summed E-state index contributed by atoms with van der Waals surface area (Å²) in [6, 6.07) is 12.1. The molecular weight excluding hydrogens is 470 g/mol. The number of benzene rings is 2. The number of thiocarbonyl (C=S) groups is 1. The second kappa shape index (κ2) is 12.3. The number of anilines is 1. The molecule has 9 heteroatoms. The van der Waals surface area contributed by atoms with Crippen LogP contribution in [-0.4, -0.2) is 43.8 Å². The Morgan fingerprint density at radius 2 is 1.83 bits per heavy atom. The third-order valence-electron chi connectivity index (χ3n) is 3.89. The first kappa shape index (κ1) is 23.8. The topological polar surface area (TPSA) is 88.7 Å². The number of halogens is 1. The van der Waals surface area contributed by atoms with Crippen LogP contribution < -0.4 is 20.7 Å². The fourth-order valence-corrected chi connectivity index (χ4v) is 3.06. The average Bonchev–Trinajstić information content (AvgIpc) is 2.73. The van der Waals surface area contributed by atoms with E-state index in [-0.39, 0.29) is 11.0 Å². The molecule has 0 aromatic heterocycles. The van der Waals surface area contributed by atoms with E-state index in [1.807, 2.05) is 6.92 Å². The number of amides is 2. The zero-order chi connectivity index (χ0) is 21.9. The molecule has 0 fully saturated rings. The predicted molar refractivity (Wildman–Crippen MR) is 124 cm³/mol. The number of hydrogen-bond donors (Lipinski definition) is 3. The van der Waals surface area contributed by atoms with E-state index in [2.05, 4.69) is 31.9 Å². The first-order valence-corrected chi connectivity index (χ1v) is 10.6. The molecule has 0 atom stereocenters. The highest BCUT2D eigenvalue weighted by atomic mass is 79.9. The van der Waals surface area contributed by atoms with Gasteiger partial charge in [-0.05, 0) is 49.0 Å². The second-order valence-corrected chi connectivity index (χ2v) is 7.52. The van der Waals surface area contributed by atoms with Gasteiger partial charge in [0.2, 0.25) is 0 Å². The Labute approximate surface area is 189 Å². The van der Waals surface area contributed by atoms with Gasteiger partial charge in [-0.3, -0.25) is 14.9 Å². The molecule has 0 aliphatic carbocycles. The van der Waals surface area contributed by atoms with Gasteiger partial charge in [0.15, 0.2) is 5.11 Å². The molecule has 30 heavy (non-hydrogen) atoms. The maximum absolute atomic E-state index is 12.7. The van der Waals surface area contributed by atoms with E-state index in [0.29, 0.717) is 42.3 Å². The summed E-state index contributed by atoms with van der Waals surface area (Å²) in [7, 11) is 1.56. The van der Waals surface area contributed by atoms with Crippen molar-refractivity contribution in [1.82, 2.24) is 10.6 Å². The number of nitrogens with one attached hydrogen (secondary N) is 3. The van der Waals surface area contributed by atoms with Crippen LogP contribution in [-0.2, 0) is 4.74 Å². The van der Waals surface area contributed by atoms with Crippen LogP contribution in [0.1, 0.15) is 34.1 Å². The van der Waals surface area contributed by atoms with Crippen LogP contribution >= 0.6 is 28.1 Å². The van der Waals surface area contributed by atoms with Crippen LogP contribution in [0.5, 0.6) is 5.75 Å². The lowest BCUT2D eigenvalue weighted by atomic mass is 10.1. The van der Waals surface area contributed by atoms with E-state index in [4.69, 9.17) is 21.7 Å². The SMILES string of the molecule is CCCOc1ccc(Br)cc1C(=O)NC(=S)Nc1ccccc1C(=O)NCCOC. The van der Waals surface area contributed by atoms with Crippen LogP contribution in [0.2, 0.25) is 0 Å². The lowest BCUT2D eigenvalue weighted by Gasteiger charge is -2.15. The molecule has 2 aromatic rings. The van der Waals surface area contributed by atoms with Crippen LogP contribution in [0.25, 0.3) is 0 Å². The second-order valence-electron chi connectivity index (χ2n) is 6.19. The molecule has 2 rings (SSSR count). The van der Waals surface area contributed by atoms with Gasteiger partial charge < -0.3 is 20.1 Å². The van der Waals surface area contributed by atoms with Crippen molar-refractivity contribution >= 4 is 50.8 Å². The van der Waals surface area contributed by atoms with Crippen LogP contribution in [0.15, 0.2) is 46.9 Å². The van der Waals surface area contributed by atoms with Gasteiger partial charge in [0, 0.05) is 18.1 Å². The maximum Gasteiger partial charge on any atom is 0.261 e. The molecule has 2 amide bonds. The molecule has 3 N–H and O–H groups in total. The van der Waals surface area contributed by atoms with Crippen molar-refractivity contribution in [2.75, 3.05) is 32.2 Å². The van der Waals surface area contributed by atoms with Crippen molar-refractivity contribution < 1.29 is 19.1 Å². The van der Waals surface area contributed by atoms with E-state index in [9.17, 15) is 9.59 Å². The molecule has 160 valence electrons. The third-order valence-corrected chi connectivity index (χ3v) is 4.58. The Morgan fingerprint density at radius 3 is 2.57 bits per heavy atom. The predicted octanol–water partition coefficient (Wildman–Crippen LogP) is 3.74. The molecule has 2 aromatic carbocycles. The monoisotopic (exact) mass is 493 g/mol. The quantitative estimate of drug-likeness (QED) is 0.364. The Hall–Kier alpha value is -2.49. The van der Waals surface area contributed by atoms with Crippen LogP contribution in [0.4, 0.5) is 5.69 Å². The van der Waals surface area contributed by atoms with E-state index < -0.39 is 5.91 Å². The fraction of sp³-hybridized carbons (Fsp3) is 0.286. The number of para-hydroxylation sites is 1. The van der Waals surface area contributed by atoms with Gasteiger partial charge in [0.1, 0.15) is 5.75 Å². The van der Waals surface area contributed by atoms with Crippen molar-refractivity contribution in [3.8, 4) is 5.75 Å². The summed E-state index contributed by atoms with van der Waals surface area (Å²) < 4.78 is 11.3. The van der Waals surface area contributed by atoms with Crippen molar-refractivity contribution in [3.05, 3.63) is 58.1 Å². The number of carbonyl (C=O) groups excluding carboxylic acids is 2. The summed E-state index contributed by atoms with van der Waals surface area (Å²) in [6.07, 6.45) is 0.820. The van der Waals surface area contributed by atoms with E-state index in [1.54, 1.807) is 49.6 Å². The molecule has 0 unspecified atom stereocenters. The van der Waals surface area contributed by atoms with E-state index in [0.717, 1.165) is 10.9 Å². The molecule has 0 saturated heterocycles. The largest absolute Gasteiger partial charge is 0.493 e. The van der Waals surface area contributed by atoms with Crippen molar-refractivity contribution in [2.24, 2.45) is 0 Å². The first-order valence-electron chi connectivity index (χ1n) is 9.37. The average molecular weight is 494 g/mol. The van der Waals surface area contributed by atoms with Gasteiger partial charge in [0.05, 0.1) is 30.0 Å². The van der Waals surface area contributed by atoms with Gasteiger partial charge in [-0.25, -0.2) is 0 Å². The molecule has 0 spiro atoms. The molecule has 0 aliphatic rings. The molecule has 7 nitrogen and oxygen atoms in total. The highest BCUT2D eigenvalue weighted by Crippen LogP contribution is 2.23. The van der Waals surface area contributed by atoms with Crippen molar-refractivity contribution in [3.63, 3.8) is 0 Å². The standard InChI is InChI=1S/C21H24BrN3O4S/c1-3-11-29-18-9-8-14(22)13-16(18)20(27)25-21(30)24-17-7-5-4-6-15(17)19(26)23-10-12-28-2/h4-9,13H,3,10-12H2,1-2H3,(H,23,26)(H2,24,25,27,30). The van der Waals surface area contributed by atoms with Crippen LogP contribution in [0, 0.1) is 0 Å². The van der Waals surface area contributed by atoms with Crippen LogP contribution in [0.3, 0.4) is 0 Å². The Bertz CT molecular complexity index is 908. The molecule has 0 bridgehead atoms. The number of methoxy groups -OCH3 is 1. The fourth-order valence-electron chi connectivity index (χ4n) is 2.49. The number of carbonyl (C=O) groups is 2. The summed E-state index contributed by atoms with van der Waals surface area (Å²) in [5, 5.41) is 8.38. The summed E-state index contributed by atoms with van der Waals surface area (Å²) in [4.78, 5) is 25.1. The van der Waals surface area contributed by atoms with E-state index >= 15 is 0 Å². The van der Waals surface area contributed by atoms with Gasteiger partial charge in [-0.2, -0.15) is 0 Å². The highest BCUT2D eigenvalue weighted by molar-refractivity contribution is 9.10. The lowest BCUT2D eigenvalue weighted by molar-refractivity contribution is 0.0936. The summed E-state index contributed by atoms with van der Waals surface area (Å²) in [5.74, 6) is -0.216. The molecule has 0 heterocycles. The number of hydrogen-bond acceptors (Lipinski definition) is 5. The minimum absolute atomic E-state index is 0.0681. The maximum atomic E-state index is 12.7. The molecule has 0 aliphatic heterocycles. The summed E-state index contributed by atoms with van der Waals surface area (Å²) in [6.45, 7) is 3.27. The normalized spacial score (nSPS) is 10.2. The first-order chi connectivity index (χ1) is 14.5. The van der Waals surface area contributed by atoms with Gasteiger partial charge >= 0.3 is 0 Å². The summed E-state index contributed by atoms with van der Waals surface area (Å²) in [5.41, 5.74) is 1.24. The Morgan fingerprint density at radius 1 is 1.07 bits per heavy atom. The third kappa shape index (κ3) is 7.08. The number of ether oxygens (including phenoxy) is 2. The van der Waals surface area contributed by atoms with Gasteiger partial charge in [-0.15, -0.1) is 0 Å².